The summed E-state index contributed by atoms with van der Waals surface area (Å²) in [6, 6.07) is 4.94. The van der Waals surface area contributed by atoms with Crippen LogP contribution in [0.15, 0.2) is 29.2 Å². The number of alkyl halides is 3. The van der Waals surface area contributed by atoms with Crippen LogP contribution in [0.1, 0.15) is 108 Å². The number of nitrogens with one attached hydrogen (secondary N) is 2. The molecule has 0 saturated carbocycles. The highest BCUT2D eigenvalue weighted by molar-refractivity contribution is 7.90. The van der Waals surface area contributed by atoms with Crippen LogP contribution in [-0.2, 0) is 30.8 Å². The third-order valence-electron chi connectivity index (χ3n) is 7.87. The van der Waals surface area contributed by atoms with Crippen LogP contribution in [0.25, 0.3) is 0 Å². The molecule has 0 bridgehead atoms. The van der Waals surface area contributed by atoms with Gasteiger partial charge in [-0.25, -0.2) is 26.3 Å². The van der Waals surface area contributed by atoms with E-state index < -0.39 is 67.8 Å². The van der Waals surface area contributed by atoms with E-state index in [9.17, 15) is 57.9 Å². The van der Waals surface area contributed by atoms with Gasteiger partial charge in [-0.1, -0.05) is 89.2 Å². The van der Waals surface area contributed by atoms with Crippen molar-refractivity contribution in [1.29, 1.82) is 0 Å². The molecule has 2 aromatic rings. The third kappa shape index (κ3) is 15.6. The van der Waals surface area contributed by atoms with E-state index in [0.717, 1.165) is 93.9 Å². The number of carbonyl (C=O) groups excluding carboxylic acids is 3. The summed E-state index contributed by atoms with van der Waals surface area (Å²) in [5.41, 5.74) is 0.650. The van der Waals surface area contributed by atoms with Crippen molar-refractivity contribution in [2.24, 2.45) is 0 Å². The molecule has 0 aliphatic carbocycles. The molecule has 0 saturated heterocycles. The molecule has 17 heteroatoms. The molecule has 8 nitrogen and oxygen atoms in total. The summed E-state index contributed by atoms with van der Waals surface area (Å²) in [6.07, 6.45) is 8.24. The maximum absolute atomic E-state index is 13.6. The zero-order valence-electron chi connectivity index (χ0n) is 27.9. The fourth-order valence-corrected chi connectivity index (χ4v) is 6.00. The number of carbonyl (C=O) groups is 3. The Hall–Kier alpha value is -3.76. The van der Waals surface area contributed by atoms with E-state index in [1.807, 2.05) is 0 Å². The fraction of sp³-hybridized carbons (Fsp3) is 0.559. The zero-order chi connectivity index (χ0) is 38.0. The summed E-state index contributed by atoms with van der Waals surface area (Å²) < 4.78 is 133. The number of hydrogen-bond donors (Lipinski definition) is 2. The lowest BCUT2D eigenvalue weighted by Crippen LogP contribution is -2.40. The molecule has 0 aliphatic rings. The number of esters is 1. The van der Waals surface area contributed by atoms with E-state index >= 15 is 0 Å². The van der Waals surface area contributed by atoms with Gasteiger partial charge in [0.15, 0.2) is 0 Å². The van der Waals surface area contributed by atoms with E-state index in [-0.39, 0.29) is 12.3 Å². The normalized spacial score (nSPS) is 11.8. The summed E-state index contributed by atoms with van der Waals surface area (Å²) >= 11 is 0. The van der Waals surface area contributed by atoms with Crippen molar-refractivity contribution in [2.75, 3.05) is 6.54 Å². The molecule has 0 fully saturated rings. The first-order chi connectivity index (χ1) is 24.0. The Morgan fingerprint density at radius 3 is 1.47 bits per heavy atom. The van der Waals surface area contributed by atoms with E-state index in [1.165, 1.54) is 12.1 Å². The Morgan fingerprint density at radius 2 is 1.02 bits per heavy atom. The predicted octanol–water partition coefficient (Wildman–Crippen LogP) is 8.26. The minimum atomic E-state index is -5.33. The smallest absolute Gasteiger partial charge is 0.420 e. The van der Waals surface area contributed by atoms with Gasteiger partial charge in [0.1, 0.15) is 0 Å². The highest BCUT2D eigenvalue weighted by Crippen LogP contribution is 2.29. The molecule has 286 valence electrons. The Bertz CT molecular complexity index is 1520. The second-order valence-corrected chi connectivity index (χ2v) is 13.7. The van der Waals surface area contributed by atoms with Crippen LogP contribution in [0, 0.1) is 29.1 Å². The molecule has 0 aliphatic heterocycles. The summed E-state index contributed by atoms with van der Waals surface area (Å²) in [5.74, 6) is -16.4. The second kappa shape index (κ2) is 21.6. The van der Waals surface area contributed by atoms with Crippen molar-refractivity contribution in [2.45, 2.75) is 120 Å². The number of ether oxygens (including phenoxy) is 1. The largest absolute Gasteiger partial charge is 0.472 e. The van der Waals surface area contributed by atoms with Crippen LogP contribution in [0.2, 0.25) is 0 Å². The lowest BCUT2D eigenvalue weighted by atomic mass is 10.0. The summed E-state index contributed by atoms with van der Waals surface area (Å²) in [6.45, 7) is 0.299. The first kappa shape index (κ1) is 43.4. The van der Waals surface area contributed by atoms with Gasteiger partial charge < -0.3 is 10.1 Å². The zero-order valence-corrected chi connectivity index (χ0v) is 28.7. The van der Waals surface area contributed by atoms with Crippen LogP contribution in [0.4, 0.5) is 35.1 Å². The molecular weight excluding hydrogens is 716 g/mol. The minimum absolute atomic E-state index is 0.113. The first-order valence-corrected chi connectivity index (χ1v) is 18.2. The van der Waals surface area contributed by atoms with Gasteiger partial charge in [0, 0.05) is 19.4 Å². The van der Waals surface area contributed by atoms with Gasteiger partial charge in [-0.05, 0) is 37.0 Å². The molecule has 0 heterocycles. The molecule has 0 spiro atoms. The van der Waals surface area contributed by atoms with Crippen molar-refractivity contribution < 1.29 is 62.7 Å². The van der Waals surface area contributed by atoms with E-state index in [2.05, 4.69) is 10.1 Å². The van der Waals surface area contributed by atoms with Crippen LogP contribution >= 0.6 is 0 Å². The van der Waals surface area contributed by atoms with Gasteiger partial charge in [0.25, 0.3) is 10.0 Å². The topological polar surface area (TPSA) is 119 Å². The van der Waals surface area contributed by atoms with Gasteiger partial charge in [0.2, 0.25) is 40.7 Å². The molecule has 2 amide bonds. The summed E-state index contributed by atoms with van der Waals surface area (Å²) in [7, 11) is -4.67. The number of amides is 2. The van der Waals surface area contributed by atoms with Gasteiger partial charge in [-0.2, -0.15) is 22.0 Å². The number of rotatable bonds is 23. The minimum Gasteiger partial charge on any atom is -0.420 e. The Kier molecular flexibility index (Phi) is 18.4. The van der Waals surface area contributed by atoms with E-state index in [0.29, 0.717) is 37.8 Å². The number of benzene rings is 2. The van der Waals surface area contributed by atoms with Gasteiger partial charge in [-0.3, -0.25) is 14.4 Å². The monoisotopic (exact) mass is 758 g/mol. The van der Waals surface area contributed by atoms with E-state index in [1.54, 1.807) is 0 Å². The second-order valence-electron chi connectivity index (χ2n) is 12.0. The van der Waals surface area contributed by atoms with Crippen LogP contribution in [0.5, 0.6) is 5.75 Å². The van der Waals surface area contributed by atoms with Crippen molar-refractivity contribution in [3.8, 4) is 5.75 Å². The van der Waals surface area contributed by atoms with Gasteiger partial charge >= 0.3 is 18.1 Å². The Morgan fingerprint density at radius 1 is 0.608 bits per heavy atom. The van der Waals surface area contributed by atoms with Crippen LogP contribution in [0.3, 0.4) is 0 Å². The molecule has 0 atom stereocenters. The quantitative estimate of drug-likeness (QED) is 0.0294. The van der Waals surface area contributed by atoms with Crippen molar-refractivity contribution in [3.05, 3.63) is 58.9 Å². The number of hydrogen-bond acceptors (Lipinski definition) is 6. The molecule has 51 heavy (non-hydrogen) atoms. The van der Waals surface area contributed by atoms with Gasteiger partial charge in [0.05, 0.1) is 4.90 Å². The molecule has 2 aromatic carbocycles. The van der Waals surface area contributed by atoms with Crippen molar-refractivity contribution in [1.82, 2.24) is 10.0 Å². The lowest BCUT2D eigenvalue weighted by Gasteiger charge is -2.10. The molecule has 0 radical (unpaired) electrons. The predicted molar refractivity (Wildman–Crippen MR) is 170 cm³/mol. The molecule has 2 rings (SSSR count). The molecular formula is C34H42F8N2O6S. The first-order valence-electron chi connectivity index (χ1n) is 16.8. The summed E-state index contributed by atoms with van der Waals surface area (Å²) in [5, 5.41) is 2.78. The number of sulfonamides is 1. The van der Waals surface area contributed by atoms with Gasteiger partial charge in [-0.15, -0.1) is 0 Å². The van der Waals surface area contributed by atoms with Crippen LogP contribution < -0.4 is 14.8 Å². The average Bonchev–Trinajstić information content (AvgIpc) is 3.07. The Labute approximate surface area is 291 Å². The Balaban J connectivity index is 1.41. The van der Waals surface area contributed by atoms with Crippen LogP contribution in [-0.4, -0.2) is 38.9 Å². The maximum atomic E-state index is 13.6. The molecule has 0 aromatic heterocycles. The van der Waals surface area contributed by atoms with E-state index in [4.69, 9.17) is 0 Å². The van der Waals surface area contributed by atoms with Crippen molar-refractivity contribution >= 4 is 27.8 Å². The SMILES string of the molecule is O=C(CCCCCCCCCCCCCCCCC(=O)Oc1c(F)c(F)c(F)c(F)c1F)NCCc1ccc(S(=O)(=O)NC(=O)C(F)(F)F)cc1. The number of unbranched alkanes of at least 4 members (excludes halogenated alkanes) is 13. The lowest BCUT2D eigenvalue weighted by molar-refractivity contribution is -0.171. The molecule has 2 N–H and O–H groups in total. The molecule has 0 unspecified atom stereocenters. The fourth-order valence-electron chi connectivity index (χ4n) is 5.02. The average molecular weight is 759 g/mol. The number of halogens is 8. The third-order valence-corrected chi connectivity index (χ3v) is 9.22. The van der Waals surface area contributed by atoms with Crippen molar-refractivity contribution in [3.63, 3.8) is 0 Å². The maximum Gasteiger partial charge on any atom is 0.472 e. The standard InChI is InChI=1S/C34H42F8N2O6S/c35-27-28(36)30(38)32(31(39)29(27)37)50-26(46)16-14-12-10-8-6-4-2-1-3-5-7-9-11-13-15-25(45)43-22-21-23-17-19-24(20-18-23)51(48,49)44-33(47)34(40,41)42/h17-20H,1-16,21-22H2,(H,43,45)(H,44,47). The highest BCUT2D eigenvalue weighted by Gasteiger charge is 2.41. The summed E-state index contributed by atoms with van der Waals surface area (Å²) in [4.78, 5) is 34.3. The highest BCUT2D eigenvalue weighted by atomic mass is 32.2.